The number of carbonyl (C=O) groups excluding carboxylic acids is 2. The molecule has 172 valence electrons. The van der Waals surface area contributed by atoms with Crippen LogP contribution in [0.2, 0.25) is 0 Å². The Labute approximate surface area is 198 Å². The number of hydrogen-bond donors (Lipinski definition) is 2. The number of ether oxygens (including phenoxy) is 1. The smallest absolute Gasteiger partial charge is 0.276 e. The Morgan fingerprint density at radius 2 is 1.47 bits per heavy atom. The Bertz CT molecular complexity index is 1220. The number of benzene rings is 3. The molecule has 2 N–H and O–H groups in total. The number of carbonyl (C=O) groups is 2. The highest BCUT2D eigenvalue weighted by Crippen LogP contribution is 2.21. The number of amides is 2. The van der Waals surface area contributed by atoms with Crippen LogP contribution in [0.5, 0.6) is 5.75 Å². The maximum Gasteiger partial charge on any atom is 0.276 e. The predicted octanol–water partition coefficient (Wildman–Crippen LogP) is 3.62. The van der Waals surface area contributed by atoms with Crippen molar-refractivity contribution >= 4 is 11.8 Å². The van der Waals surface area contributed by atoms with E-state index in [0.717, 1.165) is 22.4 Å². The van der Waals surface area contributed by atoms with Crippen molar-refractivity contribution in [2.24, 2.45) is 0 Å². The van der Waals surface area contributed by atoms with E-state index >= 15 is 0 Å². The molecule has 0 aliphatic carbocycles. The van der Waals surface area contributed by atoms with Gasteiger partial charge >= 0.3 is 0 Å². The average molecular weight is 455 g/mol. The summed E-state index contributed by atoms with van der Waals surface area (Å²) < 4.78 is 7.47. The highest BCUT2D eigenvalue weighted by atomic mass is 16.5. The molecule has 3 aromatic carbocycles. The molecule has 0 aliphatic rings. The second-order valence-corrected chi connectivity index (χ2v) is 7.78. The maximum atomic E-state index is 12.2. The molecule has 0 saturated carbocycles. The number of nitrogens with zero attached hydrogens (tertiary/aromatic N) is 2. The lowest BCUT2D eigenvalue weighted by Gasteiger charge is -2.12. The molecule has 7 heteroatoms. The summed E-state index contributed by atoms with van der Waals surface area (Å²) in [5.74, 6) is -0.0756. The minimum Gasteiger partial charge on any atom is -0.483 e. The number of hydrazine groups is 1. The average Bonchev–Trinajstić information content (AvgIpc) is 3.36. The lowest BCUT2D eigenvalue weighted by molar-refractivity contribution is -0.130. The first kappa shape index (κ1) is 22.8. The molecule has 0 saturated heterocycles. The molecule has 0 fully saturated rings. The molecular weight excluding hydrogens is 428 g/mol. The quantitative estimate of drug-likeness (QED) is 0.378. The molecule has 0 spiro atoms. The summed E-state index contributed by atoms with van der Waals surface area (Å²) in [5.41, 5.74) is 8.87. The second-order valence-electron chi connectivity index (χ2n) is 7.78. The number of rotatable bonds is 9. The van der Waals surface area contributed by atoms with E-state index in [9.17, 15) is 9.59 Å². The Morgan fingerprint density at radius 3 is 2.26 bits per heavy atom. The van der Waals surface area contributed by atoms with Crippen molar-refractivity contribution in [3.63, 3.8) is 0 Å². The zero-order valence-electron chi connectivity index (χ0n) is 18.7. The van der Waals surface area contributed by atoms with Gasteiger partial charge in [-0.05, 0) is 41.3 Å². The molecule has 0 unspecified atom stereocenters. The van der Waals surface area contributed by atoms with Gasteiger partial charge in [-0.1, -0.05) is 66.7 Å². The van der Waals surface area contributed by atoms with E-state index in [1.54, 1.807) is 10.9 Å². The summed E-state index contributed by atoms with van der Waals surface area (Å²) in [7, 11) is 0. The zero-order valence-corrected chi connectivity index (χ0v) is 18.7. The van der Waals surface area contributed by atoms with E-state index in [0.29, 0.717) is 18.6 Å². The summed E-state index contributed by atoms with van der Waals surface area (Å²) in [6.07, 6.45) is 5.07. The first-order chi connectivity index (χ1) is 16.7. The molecule has 1 heterocycles. The van der Waals surface area contributed by atoms with E-state index in [4.69, 9.17) is 4.74 Å². The number of hydrogen-bond acceptors (Lipinski definition) is 4. The molecule has 2 amide bonds. The highest BCUT2D eigenvalue weighted by Gasteiger charge is 2.10. The fourth-order valence-electron chi connectivity index (χ4n) is 3.46. The number of nitrogens with one attached hydrogen (secondary N) is 2. The van der Waals surface area contributed by atoms with E-state index in [1.165, 1.54) is 0 Å². The van der Waals surface area contributed by atoms with E-state index in [-0.39, 0.29) is 18.9 Å². The van der Waals surface area contributed by atoms with Crippen LogP contribution < -0.4 is 15.6 Å². The molecule has 0 bridgehead atoms. The third kappa shape index (κ3) is 6.56. The topological polar surface area (TPSA) is 85.3 Å². The third-order valence-electron chi connectivity index (χ3n) is 5.21. The predicted molar refractivity (Wildman–Crippen MR) is 129 cm³/mol. The zero-order chi connectivity index (χ0) is 23.6. The van der Waals surface area contributed by atoms with Crippen LogP contribution >= 0.6 is 0 Å². The monoisotopic (exact) mass is 454 g/mol. The minimum absolute atomic E-state index is 0.198. The van der Waals surface area contributed by atoms with Gasteiger partial charge in [0.15, 0.2) is 6.61 Å². The van der Waals surface area contributed by atoms with Crippen LogP contribution in [0.1, 0.15) is 23.1 Å². The van der Waals surface area contributed by atoms with Gasteiger partial charge in [0, 0.05) is 19.0 Å². The first-order valence-electron chi connectivity index (χ1n) is 11.1. The van der Waals surface area contributed by atoms with Crippen LogP contribution in [0.4, 0.5) is 0 Å². The van der Waals surface area contributed by atoms with E-state index in [1.807, 2.05) is 91.1 Å². The Morgan fingerprint density at radius 1 is 0.794 bits per heavy atom. The van der Waals surface area contributed by atoms with Crippen molar-refractivity contribution < 1.29 is 14.3 Å². The van der Waals surface area contributed by atoms with E-state index in [2.05, 4.69) is 16.0 Å². The summed E-state index contributed by atoms with van der Waals surface area (Å²) in [6.45, 7) is -0.198. The minimum atomic E-state index is -0.431. The van der Waals surface area contributed by atoms with Crippen molar-refractivity contribution in [1.29, 1.82) is 0 Å². The number of aromatic nitrogens is 2. The standard InChI is InChI=1S/C27H26N4O3/c32-26(16-15-22-18-28-31(19-22)24-12-5-2-6-13-24)29-30-27(33)20-34-25-14-8-7-11-23(25)17-21-9-3-1-4-10-21/h1-14,18-19H,15-17,20H2,(H,29,32)(H,30,33). The fraction of sp³-hybridized carbons (Fsp3) is 0.148. The summed E-state index contributed by atoms with van der Waals surface area (Å²) in [4.78, 5) is 24.3. The van der Waals surface area contributed by atoms with Gasteiger partial charge in [0.05, 0.1) is 11.9 Å². The molecule has 0 atom stereocenters. The van der Waals surface area contributed by atoms with Crippen LogP contribution in [-0.4, -0.2) is 28.2 Å². The van der Waals surface area contributed by atoms with Crippen molar-refractivity contribution in [3.05, 3.63) is 114 Å². The molecule has 0 radical (unpaired) electrons. The summed E-state index contributed by atoms with van der Waals surface area (Å²) >= 11 is 0. The molecule has 7 nitrogen and oxygen atoms in total. The summed E-state index contributed by atoms with van der Waals surface area (Å²) in [5, 5.41) is 4.32. The Kier molecular flexibility index (Phi) is 7.69. The lowest BCUT2D eigenvalue weighted by atomic mass is 10.0. The van der Waals surface area contributed by atoms with Crippen LogP contribution in [0.15, 0.2) is 97.3 Å². The van der Waals surface area contributed by atoms with Gasteiger partial charge in [-0.2, -0.15) is 5.10 Å². The van der Waals surface area contributed by atoms with E-state index < -0.39 is 5.91 Å². The van der Waals surface area contributed by atoms with Gasteiger partial charge in [-0.15, -0.1) is 0 Å². The van der Waals surface area contributed by atoms with Crippen molar-refractivity contribution in [2.75, 3.05) is 6.61 Å². The largest absolute Gasteiger partial charge is 0.483 e. The fourth-order valence-corrected chi connectivity index (χ4v) is 3.46. The molecule has 4 aromatic rings. The molecule has 4 rings (SSSR count). The van der Waals surface area contributed by atoms with Gasteiger partial charge in [-0.3, -0.25) is 20.4 Å². The van der Waals surface area contributed by atoms with Crippen LogP contribution in [0.25, 0.3) is 5.69 Å². The van der Waals surface area contributed by atoms with Crippen molar-refractivity contribution in [1.82, 2.24) is 20.6 Å². The molecule has 0 aliphatic heterocycles. The van der Waals surface area contributed by atoms with Crippen LogP contribution in [0.3, 0.4) is 0 Å². The Balaban J connectivity index is 1.20. The van der Waals surface area contributed by atoms with Gasteiger partial charge < -0.3 is 4.74 Å². The number of aryl methyl sites for hydroxylation is 1. The molecule has 1 aromatic heterocycles. The molecule has 34 heavy (non-hydrogen) atoms. The molecular formula is C27H26N4O3. The number of para-hydroxylation sites is 2. The summed E-state index contributed by atoms with van der Waals surface area (Å²) in [6, 6.07) is 27.4. The van der Waals surface area contributed by atoms with Gasteiger partial charge in [0.25, 0.3) is 5.91 Å². The Hall–Kier alpha value is -4.39. The SMILES string of the molecule is O=C(CCc1cnn(-c2ccccc2)c1)NNC(=O)COc1ccccc1Cc1ccccc1. The lowest BCUT2D eigenvalue weighted by Crippen LogP contribution is -2.43. The van der Waals surface area contributed by atoms with Crippen LogP contribution in [-0.2, 0) is 22.4 Å². The van der Waals surface area contributed by atoms with Crippen LogP contribution in [0, 0.1) is 0 Å². The van der Waals surface area contributed by atoms with Gasteiger partial charge in [0.2, 0.25) is 5.91 Å². The van der Waals surface area contributed by atoms with Crippen molar-refractivity contribution in [2.45, 2.75) is 19.3 Å². The highest BCUT2D eigenvalue weighted by molar-refractivity contribution is 5.82. The normalized spacial score (nSPS) is 10.5. The second kappa shape index (κ2) is 11.5. The van der Waals surface area contributed by atoms with Gasteiger partial charge in [0.1, 0.15) is 5.75 Å². The third-order valence-corrected chi connectivity index (χ3v) is 5.21. The van der Waals surface area contributed by atoms with Crippen molar-refractivity contribution in [3.8, 4) is 11.4 Å². The first-order valence-corrected chi connectivity index (χ1v) is 11.1. The maximum absolute atomic E-state index is 12.2. The van der Waals surface area contributed by atoms with Gasteiger partial charge in [-0.25, -0.2) is 4.68 Å².